The van der Waals surface area contributed by atoms with Crippen LogP contribution in [0.1, 0.15) is 54.2 Å². The van der Waals surface area contributed by atoms with Crippen molar-refractivity contribution < 1.29 is 9.53 Å². The molecule has 2 aromatic carbocycles. The third-order valence-corrected chi connectivity index (χ3v) is 6.90. The van der Waals surface area contributed by atoms with Crippen molar-refractivity contribution in [2.75, 3.05) is 24.5 Å². The van der Waals surface area contributed by atoms with Crippen molar-refractivity contribution in [2.24, 2.45) is 0 Å². The molecular weight excluding hydrogens is 434 g/mol. The van der Waals surface area contributed by atoms with Crippen LogP contribution in [0.3, 0.4) is 0 Å². The molecule has 1 aliphatic heterocycles. The molecule has 4 rings (SSSR count). The Hall–Kier alpha value is -3.18. The smallest absolute Gasteiger partial charge is 0.342 e. The molecule has 2 heterocycles. The lowest BCUT2D eigenvalue weighted by Gasteiger charge is -2.29. The molecule has 0 saturated carbocycles. The van der Waals surface area contributed by atoms with Crippen LogP contribution in [0.2, 0.25) is 0 Å². The summed E-state index contributed by atoms with van der Waals surface area (Å²) in [7, 11) is 0. The standard InChI is InChI=1S/C30H37N3O2/c1-6-32(19-24-12-8-10-14-27(24)26-13-9-7-11-22(26)4)25-16-18-33(20-25)29-28(23(5)15-17-31-29)30(34)35-21(2)3/h7-15,17,21,25H,6,16,18-20H2,1-5H3/t25-/m1/s1. The Bertz CT molecular complexity index is 1170. The van der Waals surface area contributed by atoms with Gasteiger partial charge in [-0.05, 0) is 74.5 Å². The fourth-order valence-electron chi connectivity index (χ4n) is 5.06. The zero-order valence-corrected chi connectivity index (χ0v) is 21.6. The lowest BCUT2D eigenvalue weighted by Crippen LogP contribution is -2.37. The first kappa shape index (κ1) is 24.9. The topological polar surface area (TPSA) is 45.7 Å². The number of pyridine rings is 1. The van der Waals surface area contributed by atoms with Gasteiger partial charge in [-0.2, -0.15) is 0 Å². The normalized spacial score (nSPS) is 15.7. The van der Waals surface area contributed by atoms with Crippen LogP contribution in [0.25, 0.3) is 11.1 Å². The first-order valence-electron chi connectivity index (χ1n) is 12.7. The Morgan fingerprint density at radius 1 is 1.06 bits per heavy atom. The molecule has 0 amide bonds. The summed E-state index contributed by atoms with van der Waals surface area (Å²) in [4.78, 5) is 22.3. The number of esters is 1. The average Bonchev–Trinajstić information content (AvgIpc) is 3.32. The summed E-state index contributed by atoms with van der Waals surface area (Å²) in [5.74, 6) is 0.457. The zero-order valence-electron chi connectivity index (χ0n) is 21.6. The lowest BCUT2D eigenvalue weighted by atomic mass is 9.95. The van der Waals surface area contributed by atoms with Gasteiger partial charge in [-0.3, -0.25) is 4.90 Å². The molecule has 0 N–H and O–H groups in total. The van der Waals surface area contributed by atoms with Gasteiger partial charge in [-0.1, -0.05) is 55.5 Å². The summed E-state index contributed by atoms with van der Waals surface area (Å²) >= 11 is 0. The van der Waals surface area contributed by atoms with E-state index in [-0.39, 0.29) is 12.1 Å². The van der Waals surface area contributed by atoms with Gasteiger partial charge in [0.25, 0.3) is 0 Å². The highest BCUT2D eigenvalue weighted by Crippen LogP contribution is 2.31. The summed E-state index contributed by atoms with van der Waals surface area (Å²) in [6.45, 7) is 13.7. The second-order valence-corrected chi connectivity index (χ2v) is 9.70. The highest BCUT2D eigenvalue weighted by molar-refractivity contribution is 5.96. The molecule has 184 valence electrons. The van der Waals surface area contributed by atoms with Crippen LogP contribution in [0.15, 0.2) is 60.8 Å². The number of ether oxygens (including phenoxy) is 1. The first-order chi connectivity index (χ1) is 16.9. The van der Waals surface area contributed by atoms with E-state index in [1.807, 2.05) is 26.8 Å². The summed E-state index contributed by atoms with van der Waals surface area (Å²) < 4.78 is 5.54. The highest BCUT2D eigenvalue weighted by Gasteiger charge is 2.31. The summed E-state index contributed by atoms with van der Waals surface area (Å²) in [5, 5.41) is 0. The van der Waals surface area contributed by atoms with E-state index in [4.69, 9.17) is 4.74 Å². The van der Waals surface area contributed by atoms with Crippen molar-refractivity contribution in [1.82, 2.24) is 9.88 Å². The van der Waals surface area contributed by atoms with Crippen molar-refractivity contribution in [2.45, 2.75) is 59.7 Å². The van der Waals surface area contributed by atoms with Crippen LogP contribution in [-0.2, 0) is 11.3 Å². The van der Waals surface area contributed by atoms with Crippen LogP contribution in [0.5, 0.6) is 0 Å². The van der Waals surface area contributed by atoms with Gasteiger partial charge in [0.05, 0.1) is 6.10 Å². The van der Waals surface area contributed by atoms with E-state index < -0.39 is 0 Å². The minimum atomic E-state index is -0.288. The number of benzene rings is 2. The minimum Gasteiger partial charge on any atom is -0.459 e. The van der Waals surface area contributed by atoms with E-state index in [9.17, 15) is 4.79 Å². The second kappa shape index (κ2) is 11.0. The zero-order chi connectivity index (χ0) is 24.9. The van der Waals surface area contributed by atoms with Gasteiger partial charge < -0.3 is 9.64 Å². The number of carbonyl (C=O) groups excluding carboxylic acids is 1. The molecule has 1 fully saturated rings. The minimum absolute atomic E-state index is 0.162. The van der Waals surface area contributed by atoms with Gasteiger partial charge in [0.15, 0.2) is 0 Å². The molecule has 35 heavy (non-hydrogen) atoms. The van der Waals surface area contributed by atoms with Crippen molar-refractivity contribution in [1.29, 1.82) is 0 Å². The molecule has 3 aromatic rings. The summed E-state index contributed by atoms with van der Waals surface area (Å²) in [6.07, 6.45) is 2.67. The van der Waals surface area contributed by atoms with E-state index in [0.29, 0.717) is 11.6 Å². The van der Waals surface area contributed by atoms with Crippen molar-refractivity contribution in [3.8, 4) is 11.1 Å². The van der Waals surface area contributed by atoms with Gasteiger partial charge in [0.2, 0.25) is 0 Å². The lowest BCUT2D eigenvalue weighted by molar-refractivity contribution is 0.0377. The van der Waals surface area contributed by atoms with Crippen molar-refractivity contribution in [3.63, 3.8) is 0 Å². The number of hydrogen-bond donors (Lipinski definition) is 0. The second-order valence-electron chi connectivity index (χ2n) is 9.70. The first-order valence-corrected chi connectivity index (χ1v) is 12.7. The number of hydrogen-bond acceptors (Lipinski definition) is 5. The van der Waals surface area contributed by atoms with Gasteiger partial charge >= 0.3 is 5.97 Å². The number of aryl methyl sites for hydroxylation is 2. The van der Waals surface area contributed by atoms with Crippen LogP contribution in [0, 0.1) is 13.8 Å². The number of nitrogens with zero attached hydrogens (tertiary/aromatic N) is 3. The third-order valence-electron chi connectivity index (χ3n) is 6.90. The molecule has 0 radical (unpaired) electrons. The molecule has 5 nitrogen and oxygen atoms in total. The van der Waals surface area contributed by atoms with Gasteiger partial charge in [-0.15, -0.1) is 0 Å². The van der Waals surface area contributed by atoms with E-state index in [2.05, 4.69) is 77.2 Å². The van der Waals surface area contributed by atoms with Crippen LogP contribution < -0.4 is 4.90 Å². The fraction of sp³-hybridized carbons (Fsp3) is 0.400. The quantitative estimate of drug-likeness (QED) is 0.375. The Labute approximate surface area is 209 Å². The molecule has 0 aliphatic carbocycles. The Morgan fingerprint density at radius 2 is 1.77 bits per heavy atom. The summed E-state index contributed by atoms with van der Waals surface area (Å²) in [5.41, 5.74) is 6.74. The third kappa shape index (κ3) is 5.57. The van der Waals surface area contributed by atoms with E-state index in [1.165, 1.54) is 22.3 Å². The predicted molar refractivity (Wildman–Crippen MR) is 143 cm³/mol. The maximum atomic E-state index is 12.9. The molecule has 1 atom stereocenters. The Balaban J connectivity index is 1.55. The van der Waals surface area contributed by atoms with E-state index in [0.717, 1.165) is 44.0 Å². The molecule has 1 aliphatic rings. The number of likely N-dealkylation sites (N-methyl/N-ethyl adjacent to an activating group) is 1. The van der Waals surface area contributed by atoms with E-state index in [1.54, 1.807) is 6.20 Å². The van der Waals surface area contributed by atoms with Gasteiger partial charge in [-0.25, -0.2) is 9.78 Å². The monoisotopic (exact) mass is 471 g/mol. The largest absolute Gasteiger partial charge is 0.459 e. The molecular formula is C30H37N3O2. The average molecular weight is 472 g/mol. The van der Waals surface area contributed by atoms with Crippen LogP contribution in [-0.4, -0.2) is 47.6 Å². The molecule has 1 aromatic heterocycles. The Morgan fingerprint density at radius 3 is 2.49 bits per heavy atom. The molecule has 0 unspecified atom stereocenters. The predicted octanol–water partition coefficient (Wildman–Crippen LogP) is 6.03. The highest BCUT2D eigenvalue weighted by atomic mass is 16.5. The summed E-state index contributed by atoms with van der Waals surface area (Å²) in [6, 6.07) is 19.6. The van der Waals surface area contributed by atoms with Gasteiger partial charge in [0, 0.05) is 31.9 Å². The number of anilines is 1. The maximum absolute atomic E-state index is 12.9. The van der Waals surface area contributed by atoms with Crippen LogP contribution in [0.4, 0.5) is 5.82 Å². The number of carbonyl (C=O) groups is 1. The SMILES string of the molecule is CCN(Cc1ccccc1-c1ccccc1C)[C@@H]1CCN(c2nccc(C)c2C(=O)OC(C)C)C1. The number of aromatic nitrogens is 1. The number of rotatable bonds is 8. The van der Waals surface area contributed by atoms with Crippen molar-refractivity contribution >= 4 is 11.8 Å². The fourth-order valence-corrected chi connectivity index (χ4v) is 5.06. The van der Waals surface area contributed by atoms with Crippen LogP contribution >= 0.6 is 0 Å². The Kier molecular flexibility index (Phi) is 7.86. The molecule has 0 spiro atoms. The van der Waals surface area contributed by atoms with Crippen molar-refractivity contribution in [3.05, 3.63) is 83.0 Å². The molecule has 0 bridgehead atoms. The van der Waals surface area contributed by atoms with E-state index >= 15 is 0 Å². The molecule has 1 saturated heterocycles. The maximum Gasteiger partial charge on any atom is 0.342 e. The van der Waals surface area contributed by atoms with Gasteiger partial charge in [0.1, 0.15) is 11.4 Å². The molecule has 5 heteroatoms.